The topological polar surface area (TPSA) is 110 Å². The Hall–Kier alpha value is -2.35. The first-order valence-corrected chi connectivity index (χ1v) is 6.65. The summed E-state index contributed by atoms with van der Waals surface area (Å²) in [5.41, 5.74) is 0.986. The quantitative estimate of drug-likeness (QED) is 0.879. The smallest absolute Gasteiger partial charge is 0.371 e. The molecule has 0 saturated heterocycles. The highest BCUT2D eigenvalue weighted by Gasteiger charge is 2.21. The Morgan fingerprint density at radius 1 is 1.37 bits per heavy atom. The summed E-state index contributed by atoms with van der Waals surface area (Å²) < 4.78 is 31.0. The van der Waals surface area contributed by atoms with E-state index >= 15 is 0 Å². The number of sulfonamides is 1. The zero-order valence-corrected chi connectivity index (χ0v) is 10.6. The van der Waals surface area contributed by atoms with Gasteiger partial charge >= 0.3 is 5.97 Å². The van der Waals surface area contributed by atoms with Crippen molar-refractivity contribution in [1.82, 2.24) is 4.98 Å². The van der Waals surface area contributed by atoms with Crippen LogP contribution in [0.4, 0.5) is 5.69 Å². The summed E-state index contributed by atoms with van der Waals surface area (Å²) >= 11 is 0. The lowest BCUT2D eigenvalue weighted by Gasteiger charge is -2.07. The van der Waals surface area contributed by atoms with Gasteiger partial charge in [-0.15, -0.1) is 0 Å². The van der Waals surface area contributed by atoms with Crippen molar-refractivity contribution in [3.8, 4) is 0 Å². The van der Waals surface area contributed by atoms with Crippen molar-refractivity contribution < 1.29 is 22.7 Å². The summed E-state index contributed by atoms with van der Waals surface area (Å²) in [4.78, 5) is 14.5. The summed E-state index contributed by atoms with van der Waals surface area (Å²) in [7, 11) is -3.96. The highest BCUT2D eigenvalue weighted by Crippen LogP contribution is 2.20. The molecule has 2 rings (SSSR count). The van der Waals surface area contributed by atoms with Crippen LogP contribution < -0.4 is 4.72 Å². The van der Waals surface area contributed by atoms with Crippen molar-refractivity contribution in [2.75, 3.05) is 4.72 Å². The van der Waals surface area contributed by atoms with E-state index in [4.69, 9.17) is 9.52 Å². The number of nitrogens with zero attached hydrogens (tertiary/aromatic N) is 1. The lowest BCUT2D eigenvalue weighted by atomic mass is 10.3. The molecule has 0 bridgehead atoms. The lowest BCUT2D eigenvalue weighted by molar-refractivity contribution is 0.0656. The van der Waals surface area contributed by atoms with Crippen molar-refractivity contribution in [3.63, 3.8) is 0 Å². The fourth-order valence-electron chi connectivity index (χ4n) is 1.36. The standard InChI is InChI=1S/C11H10N2O5S/c1-7-6-12-5-4-8(7)13-19(16,17)10-3-2-9(18-10)11(14)15/h2-6H,1H3,(H,12,13)(H,14,15). The highest BCUT2D eigenvalue weighted by molar-refractivity contribution is 7.92. The van der Waals surface area contributed by atoms with Gasteiger partial charge in [0.2, 0.25) is 10.9 Å². The molecule has 0 aliphatic rings. The number of nitrogens with one attached hydrogen (secondary N) is 1. The molecule has 0 unspecified atom stereocenters. The van der Waals surface area contributed by atoms with Crippen molar-refractivity contribution in [3.05, 3.63) is 41.9 Å². The third-order valence-corrected chi connectivity index (χ3v) is 3.56. The van der Waals surface area contributed by atoms with E-state index in [1.165, 1.54) is 18.5 Å². The minimum absolute atomic E-state index is 0.350. The van der Waals surface area contributed by atoms with Gasteiger partial charge in [-0.1, -0.05) is 0 Å². The number of hydrogen-bond donors (Lipinski definition) is 2. The second-order valence-corrected chi connectivity index (χ2v) is 5.33. The van der Waals surface area contributed by atoms with Crippen molar-refractivity contribution in [2.24, 2.45) is 0 Å². The third-order valence-electron chi connectivity index (χ3n) is 2.32. The number of anilines is 1. The lowest BCUT2D eigenvalue weighted by Crippen LogP contribution is -2.13. The third kappa shape index (κ3) is 2.74. The zero-order chi connectivity index (χ0) is 14.0. The van der Waals surface area contributed by atoms with Gasteiger partial charge in [0.05, 0.1) is 5.69 Å². The van der Waals surface area contributed by atoms with E-state index in [-0.39, 0.29) is 0 Å². The first-order valence-electron chi connectivity index (χ1n) is 5.17. The van der Waals surface area contributed by atoms with Crippen molar-refractivity contribution in [2.45, 2.75) is 12.0 Å². The van der Waals surface area contributed by atoms with E-state index < -0.39 is 26.8 Å². The van der Waals surface area contributed by atoms with Crippen LogP contribution in [0.25, 0.3) is 0 Å². The van der Waals surface area contributed by atoms with Gasteiger partial charge in [0.25, 0.3) is 10.0 Å². The van der Waals surface area contributed by atoms with Crippen LogP contribution in [0.2, 0.25) is 0 Å². The number of aromatic nitrogens is 1. The minimum atomic E-state index is -3.96. The molecule has 0 spiro atoms. The van der Waals surface area contributed by atoms with Crippen LogP contribution in [0.3, 0.4) is 0 Å². The monoisotopic (exact) mass is 282 g/mol. The molecule has 0 aliphatic carbocycles. The fraction of sp³-hybridized carbons (Fsp3) is 0.0909. The molecule has 100 valence electrons. The second-order valence-electron chi connectivity index (χ2n) is 3.72. The van der Waals surface area contributed by atoms with Crippen molar-refractivity contribution in [1.29, 1.82) is 0 Å². The number of carboxylic acids is 1. The molecule has 0 amide bonds. The summed E-state index contributed by atoms with van der Waals surface area (Å²) in [5, 5.41) is 8.22. The first kappa shape index (κ1) is 13.1. The van der Waals surface area contributed by atoms with Gasteiger partial charge in [-0.05, 0) is 30.7 Å². The Kier molecular flexibility index (Phi) is 3.26. The zero-order valence-electron chi connectivity index (χ0n) is 9.82. The second kappa shape index (κ2) is 4.73. The van der Waals surface area contributed by atoms with Crippen LogP contribution in [-0.2, 0) is 10.0 Å². The summed E-state index contributed by atoms with van der Waals surface area (Å²) in [6, 6.07) is 3.66. The van der Waals surface area contributed by atoms with Crippen LogP contribution in [0, 0.1) is 6.92 Å². The van der Waals surface area contributed by atoms with Gasteiger partial charge in [-0.3, -0.25) is 9.71 Å². The number of aromatic carboxylic acids is 1. The molecular weight excluding hydrogens is 272 g/mol. The number of hydrogen-bond acceptors (Lipinski definition) is 5. The van der Waals surface area contributed by atoms with Gasteiger partial charge in [-0.2, -0.15) is 8.42 Å². The largest absolute Gasteiger partial charge is 0.475 e. The van der Waals surface area contributed by atoms with Gasteiger partial charge in [0.1, 0.15) is 0 Å². The number of furan rings is 1. The molecule has 0 saturated carbocycles. The van der Waals surface area contributed by atoms with E-state index in [9.17, 15) is 13.2 Å². The molecule has 2 N–H and O–H groups in total. The molecule has 8 heteroatoms. The number of rotatable bonds is 4. The predicted molar refractivity (Wildman–Crippen MR) is 65.4 cm³/mol. The van der Waals surface area contributed by atoms with Crippen LogP contribution >= 0.6 is 0 Å². The Balaban J connectivity index is 2.32. The molecule has 2 aromatic heterocycles. The SMILES string of the molecule is Cc1cnccc1NS(=O)(=O)c1ccc(C(=O)O)o1. The van der Waals surface area contributed by atoms with Crippen molar-refractivity contribution >= 4 is 21.7 Å². The van der Waals surface area contributed by atoms with E-state index in [0.29, 0.717) is 11.3 Å². The van der Waals surface area contributed by atoms with Gasteiger partial charge in [0.15, 0.2) is 0 Å². The molecule has 7 nitrogen and oxygen atoms in total. The highest BCUT2D eigenvalue weighted by atomic mass is 32.2. The average Bonchev–Trinajstić information content (AvgIpc) is 2.82. The average molecular weight is 282 g/mol. The maximum absolute atomic E-state index is 12.0. The summed E-state index contributed by atoms with van der Waals surface area (Å²) in [6.45, 7) is 1.69. The van der Waals surface area contributed by atoms with E-state index in [2.05, 4.69) is 9.71 Å². The van der Waals surface area contributed by atoms with Crippen LogP contribution in [-0.4, -0.2) is 24.5 Å². The predicted octanol–water partition coefficient (Wildman–Crippen LogP) is 1.48. The number of carbonyl (C=O) groups is 1. The Labute approximate surface area is 108 Å². The molecule has 19 heavy (non-hydrogen) atoms. The molecule has 0 aliphatic heterocycles. The first-order chi connectivity index (χ1) is 8.90. The maximum Gasteiger partial charge on any atom is 0.371 e. The van der Waals surface area contributed by atoms with Gasteiger partial charge < -0.3 is 9.52 Å². The Bertz CT molecular complexity index is 720. The molecule has 0 aromatic carbocycles. The molecular formula is C11H10N2O5S. The Morgan fingerprint density at radius 2 is 2.11 bits per heavy atom. The summed E-state index contributed by atoms with van der Waals surface area (Å²) in [5.74, 6) is -1.77. The molecule has 2 aromatic rings. The molecule has 0 fully saturated rings. The van der Waals surface area contributed by atoms with E-state index in [1.54, 1.807) is 6.92 Å². The number of carboxylic acid groups (broad SMARTS) is 1. The van der Waals surface area contributed by atoms with Gasteiger partial charge in [0, 0.05) is 12.4 Å². The maximum atomic E-state index is 12.0. The molecule has 0 atom stereocenters. The molecule has 0 radical (unpaired) electrons. The van der Waals surface area contributed by atoms with Crippen LogP contribution in [0.1, 0.15) is 16.1 Å². The minimum Gasteiger partial charge on any atom is -0.475 e. The number of aryl methyl sites for hydroxylation is 1. The van der Waals surface area contributed by atoms with Crippen LogP contribution in [0.15, 0.2) is 40.1 Å². The Morgan fingerprint density at radius 3 is 2.68 bits per heavy atom. The van der Waals surface area contributed by atoms with E-state index in [1.807, 2.05) is 0 Å². The van der Waals surface area contributed by atoms with E-state index in [0.717, 1.165) is 12.1 Å². The normalized spacial score (nSPS) is 11.2. The molecule has 2 heterocycles. The van der Waals surface area contributed by atoms with Gasteiger partial charge in [-0.25, -0.2) is 4.79 Å². The van der Waals surface area contributed by atoms with Crippen LogP contribution in [0.5, 0.6) is 0 Å². The summed E-state index contributed by atoms with van der Waals surface area (Å²) in [6.07, 6.45) is 2.94. The number of pyridine rings is 1. The fourth-order valence-corrected chi connectivity index (χ4v) is 2.43.